The monoisotopic (exact) mass is 234 g/mol. The molecule has 4 heteroatoms. The van der Waals surface area contributed by atoms with Crippen LogP contribution < -0.4 is 5.73 Å². The fourth-order valence-electron chi connectivity index (χ4n) is 1.91. The number of aryl methyl sites for hydroxylation is 1. The van der Waals surface area contributed by atoms with Crippen molar-refractivity contribution in [3.63, 3.8) is 0 Å². The van der Waals surface area contributed by atoms with Crippen LogP contribution in [-0.2, 0) is 0 Å². The summed E-state index contributed by atoms with van der Waals surface area (Å²) in [4.78, 5) is 0. The lowest BCUT2D eigenvalue weighted by Crippen LogP contribution is -1.96. The highest BCUT2D eigenvalue weighted by Crippen LogP contribution is 2.34. The molecule has 3 nitrogen and oxygen atoms in total. The van der Waals surface area contributed by atoms with Gasteiger partial charge in [0.05, 0.1) is 0 Å². The molecule has 0 fully saturated rings. The van der Waals surface area contributed by atoms with Crippen LogP contribution in [0.15, 0.2) is 22.7 Å². The second-order valence-corrected chi connectivity index (χ2v) is 4.42. The number of benzene rings is 1. The van der Waals surface area contributed by atoms with Crippen molar-refractivity contribution in [1.29, 1.82) is 0 Å². The lowest BCUT2D eigenvalue weighted by atomic mass is 9.96. The molecule has 0 unspecified atom stereocenters. The molecule has 0 bridgehead atoms. The van der Waals surface area contributed by atoms with Crippen LogP contribution in [0.5, 0.6) is 0 Å². The molecular weight excluding hydrogens is 219 g/mol. The Labute approximate surface area is 99.4 Å². The highest BCUT2D eigenvalue weighted by atomic mass is 19.1. The molecule has 2 aromatic rings. The zero-order valence-corrected chi connectivity index (χ0v) is 10.1. The van der Waals surface area contributed by atoms with Crippen molar-refractivity contribution < 1.29 is 8.91 Å². The van der Waals surface area contributed by atoms with Gasteiger partial charge in [0.1, 0.15) is 11.5 Å². The van der Waals surface area contributed by atoms with E-state index in [1.165, 1.54) is 12.1 Å². The fraction of sp³-hybridized carbons (Fsp3) is 0.308. The topological polar surface area (TPSA) is 52.0 Å². The summed E-state index contributed by atoms with van der Waals surface area (Å²) >= 11 is 0. The number of halogens is 1. The second-order valence-electron chi connectivity index (χ2n) is 4.42. The molecule has 0 aliphatic rings. The molecule has 1 aromatic carbocycles. The Balaban J connectivity index is 2.64. The number of rotatable bonds is 2. The standard InChI is InChI=1S/C13H15FN2O/c1-7(2)11-12(16-17-13(11)15)10-6-9(14)5-4-8(10)3/h4-7H,15H2,1-3H3. The van der Waals surface area contributed by atoms with Gasteiger partial charge in [-0.1, -0.05) is 25.1 Å². The van der Waals surface area contributed by atoms with E-state index >= 15 is 0 Å². The SMILES string of the molecule is Cc1ccc(F)cc1-c1noc(N)c1C(C)C. The third-order valence-electron chi connectivity index (χ3n) is 2.79. The Morgan fingerprint density at radius 2 is 2.06 bits per heavy atom. The Kier molecular flexibility index (Phi) is 2.88. The molecule has 1 aromatic heterocycles. The number of aromatic nitrogens is 1. The molecule has 2 rings (SSSR count). The molecule has 17 heavy (non-hydrogen) atoms. The van der Waals surface area contributed by atoms with Crippen molar-refractivity contribution in [2.24, 2.45) is 0 Å². The lowest BCUT2D eigenvalue weighted by Gasteiger charge is -2.07. The van der Waals surface area contributed by atoms with Crippen LogP contribution in [0.1, 0.15) is 30.9 Å². The number of nitrogens with two attached hydrogens (primary N) is 1. The van der Waals surface area contributed by atoms with Gasteiger partial charge in [-0.15, -0.1) is 0 Å². The summed E-state index contributed by atoms with van der Waals surface area (Å²) in [5, 5.41) is 3.94. The minimum absolute atomic E-state index is 0.180. The van der Waals surface area contributed by atoms with E-state index in [0.29, 0.717) is 11.6 Å². The van der Waals surface area contributed by atoms with Crippen LogP contribution in [-0.4, -0.2) is 5.16 Å². The number of hydrogen-bond donors (Lipinski definition) is 1. The van der Waals surface area contributed by atoms with Gasteiger partial charge in [-0.3, -0.25) is 0 Å². The third kappa shape index (κ3) is 2.02. The minimum atomic E-state index is -0.290. The predicted octanol–water partition coefficient (Wildman–Crippen LogP) is 3.49. The number of nitrogens with zero attached hydrogens (tertiary/aromatic N) is 1. The van der Waals surface area contributed by atoms with Crippen LogP contribution >= 0.6 is 0 Å². The largest absolute Gasteiger partial charge is 0.367 e. The second kappa shape index (κ2) is 4.20. The number of anilines is 1. The van der Waals surface area contributed by atoms with Gasteiger partial charge in [-0.25, -0.2) is 4.39 Å². The Hall–Kier alpha value is -1.84. The first-order valence-electron chi connectivity index (χ1n) is 5.52. The Morgan fingerprint density at radius 3 is 2.71 bits per heavy atom. The van der Waals surface area contributed by atoms with Crippen LogP contribution in [0.4, 0.5) is 10.3 Å². The molecule has 2 N–H and O–H groups in total. The molecule has 0 atom stereocenters. The van der Waals surface area contributed by atoms with Crippen LogP contribution in [0.25, 0.3) is 11.3 Å². The Morgan fingerprint density at radius 1 is 1.35 bits per heavy atom. The number of hydrogen-bond acceptors (Lipinski definition) is 3. The minimum Gasteiger partial charge on any atom is -0.367 e. The number of nitrogen functional groups attached to an aromatic ring is 1. The third-order valence-corrected chi connectivity index (χ3v) is 2.79. The first-order valence-corrected chi connectivity index (χ1v) is 5.52. The maximum atomic E-state index is 13.3. The lowest BCUT2D eigenvalue weighted by molar-refractivity contribution is 0.438. The normalized spacial score (nSPS) is 11.1. The molecule has 0 aliphatic heterocycles. The average molecular weight is 234 g/mol. The molecule has 0 spiro atoms. The van der Waals surface area contributed by atoms with Gasteiger partial charge in [0.15, 0.2) is 0 Å². The van der Waals surface area contributed by atoms with Gasteiger partial charge in [0, 0.05) is 11.1 Å². The van der Waals surface area contributed by atoms with Crippen LogP contribution in [0.2, 0.25) is 0 Å². The first-order chi connectivity index (χ1) is 8.00. The molecule has 90 valence electrons. The summed E-state index contributed by atoms with van der Waals surface area (Å²) in [7, 11) is 0. The summed E-state index contributed by atoms with van der Waals surface area (Å²) in [6.07, 6.45) is 0. The summed E-state index contributed by atoms with van der Waals surface area (Å²) in [5.41, 5.74) is 8.89. The summed E-state index contributed by atoms with van der Waals surface area (Å²) < 4.78 is 18.3. The van der Waals surface area contributed by atoms with E-state index in [4.69, 9.17) is 10.3 Å². The zero-order chi connectivity index (χ0) is 12.6. The Bertz CT molecular complexity index is 546. The van der Waals surface area contributed by atoms with Crippen molar-refractivity contribution in [1.82, 2.24) is 5.16 Å². The van der Waals surface area contributed by atoms with Crippen LogP contribution in [0, 0.1) is 12.7 Å². The fourth-order valence-corrected chi connectivity index (χ4v) is 1.91. The van der Waals surface area contributed by atoms with E-state index in [1.54, 1.807) is 6.07 Å². The maximum Gasteiger partial charge on any atom is 0.226 e. The zero-order valence-electron chi connectivity index (χ0n) is 10.1. The van der Waals surface area contributed by atoms with Crippen molar-refractivity contribution in [2.75, 3.05) is 5.73 Å². The average Bonchev–Trinajstić information content (AvgIpc) is 2.64. The van der Waals surface area contributed by atoms with Crippen molar-refractivity contribution in [3.05, 3.63) is 35.1 Å². The predicted molar refractivity (Wildman–Crippen MR) is 65.1 cm³/mol. The first kappa shape index (κ1) is 11.6. The van der Waals surface area contributed by atoms with Crippen molar-refractivity contribution in [2.45, 2.75) is 26.7 Å². The van der Waals surface area contributed by atoms with Crippen molar-refractivity contribution >= 4 is 5.88 Å². The summed E-state index contributed by atoms with van der Waals surface area (Å²) in [5.74, 6) is 0.194. The van der Waals surface area contributed by atoms with E-state index in [0.717, 1.165) is 16.7 Å². The maximum absolute atomic E-state index is 13.3. The van der Waals surface area contributed by atoms with E-state index in [1.807, 2.05) is 20.8 Å². The molecule has 1 heterocycles. The van der Waals surface area contributed by atoms with Gasteiger partial charge < -0.3 is 10.3 Å². The van der Waals surface area contributed by atoms with Crippen LogP contribution in [0.3, 0.4) is 0 Å². The van der Waals surface area contributed by atoms with Crippen molar-refractivity contribution in [3.8, 4) is 11.3 Å². The van der Waals surface area contributed by atoms with E-state index in [-0.39, 0.29) is 11.7 Å². The highest BCUT2D eigenvalue weighted by molar-refractivity contribution is 5.70. The van der Waals surface area contributed by atoms with Gasteiger partial charge in [-0.05, 0) is 30.5 Å². The summed E-state index contributed by atoms with van der Waals surface area (Å²) in [6.45, 7) is 5.91. The van der Waals surface area contributed by atoms with Gasteiger partial charge >= 0.3 is 0 Å². The molecular formula is C13H15FN2O. The van der Waals surface area contributed by atoms with E-state index in [9.17, 15) is 4.39 Å². The van der Waals surface area contributed by atoms with Gasteiger partial charge in [0.25, 0.3) is 0 Å². The smallest absolute Gasteiger partial charge is 0.226 e. The molecule has 0 radical (unpaired) electrons. The molecule has 0 saturated heterocycles. The van der Waals surface area contributed by atoms with E-state index < -0.39 is 0 Å². The molecule has 0 amide bonds. The highest BCUT2D eigenvalue weighted by Gasteiger charge is 2.19. The molecule has 0 aliphatic carbocycles. The quantitative estimate of drug-likeness (QED) is 0.865. The van der Waals surface area contributed by atoms with Gasteiger partial charge in [0.2, 0.25) is 5.88 Å². The van der Waals surface area contributed by atoms with Gasteiger partial charge in [-0.2, -0.15) is 0 Å². The summed E-state index contributed by atoms with van der Waals surface area (Å²) in [6, 6.07) is 4.61. The van der Waals surface area contributed by atoms with E-state index in [2.05, 4.69) is 5.16 Å². The molecule has 0 saturated carbocycles.